The van der Waals surface area contributed by atoms with Crippen LogP contribution >= 0.6 is 34.8 Å². The molecule has 0 unspecified atom stereocenters. The maximum Gasteiger partial charge on any atom is 0.319 e. The van der Waals surface area contributed by atoms with Crippen LogP contribution in [0.1, 0.15) is 25.7 Å². The van der Waals surface area contributed by atoms with Crippen molar-refractivity contribution in [2.24, 2.45) is 5.41 Å². The summed E-state index contributed by atoms with van der Waals surface area (Å²) in [4.78, 5) is 16.2. The van der Waals surface area contributed by atoms with E-state index in [1.807, 2.05) is 0 Å². The van der Waals surface area contributed by atoms with Crippen LogP contribution in [0.5, 0.6) is 0 Å². The largest absolute Gasteiger partial charge is 0.382 e. The minimum atomic E-state index is -0.531. The smallest absolute Gasteiger partial charge is 0.319 e. The van der Waals surface area contributed by atoms with Crippen molar-refractivity contribution in [2.75, 3.05) is 23.7 Å². The molecular formula is C19H20Cl3FN4O. The highest BCUT2D eigenvalue weighted by Crippen LogP contribution is 2.39. The fraction of sp³-hybridized carbons (Fsp3) is 0.368. The highest BCUT2D eigenvalue weighted by Gasteiger charge is 2.34. The van der Waals surface area contributed by atoms with Crippen molar-refractivity contribution >= 4 is 52.2 Å². The summed E-state index contributed by atoms with van der Waals surface area (Å²) in [6.07, 6.45) is 7.21. The van der Waals surface area contributed by atoms with E-state index in [9.17, 15) is 9.18 Å². The van der Waals surface area contributed by atoms with Gasteiger partial charge in [-0.1, -0.05) is 47.6 Å². The van der Waals surface area contributed by atoms with Gasteiger partial charge in [0.15, 0.2) is 0 Å². The Kier molecular flexibility index (Phi) is 6.86. The third-order valence-electron chi connectivity index (χ3n) is 4.96. The van der Waals surface area contributed by atoms with Gasteiger partial charge in [0.25, 0.3) is 0 Å². The van der Waals surface area contributed by atoms with Gasteiger partial charge in [0, 0.05) is 36.6 Å². The lowest BCUT2D eigenvalue weighted by Gasteiger charge is -2.30. The Balaban J connectivity index is 1.59. The zero-order chi connectivity index (χ0) is 20.1. The number of pyridine rings is 1. The van der Waals surface area contributed by atoms with E-state index in [-0.39, 0.29) is 16.5 Å². The molecule has 0 bridgehead atoms. The fourth-order valence-corrected chi connectivity index (χ4v) is 4.09. The molecule has 3 rings (SSSR count). The molecule has 3 N–H and O–H groups in total. The normalized spacial score (nSPS) is 15.3. The first-order chi connectivity index (χ1) is 13.4. The number of carbonyl (C=O) groups excluding carboxylic acids is 1. The van der Waals surface area contributed by atoms with Crippen LogP contribution in [0.3, 0.4) is 0 Å². The summed E-state index contributed by atoms with van der Waals surface area (Å²) in [6, 6.07) is 3.68. The third kappa shape index (κ3) is 5.19. The Morgan fingerprint density at radius 3 is 2.39 bits per heavy atom. The highest BCUT2D eigenvalue weighted by atomic mass is 35.5. The molecule has 1 aliphatic carbocycles. The maximum absolute atomic E-state index is 13.2. The van der Waals surface area contributed by atoms with Crippen molar-refractivity contribution in [3.63, 3.8) is 0 Å². The lowest BCUT2D eigenvalue weighted by molar-refractivity contribution is 0.241. The average molecular weight is 446 g/mol. The zero-order valence-electron chi connectivity index (χ0n) is 15.0. The van der Waals surface area contributed by atoms with E-state index >= 15 is 0 Å². The van der Waals surface area contributed by atoms with Gasteiger partial charge in [-0.05, 0) is 31.0 Å². The number of rotatable bonds is 6. The van der Waals surface area contributed by atoms with Gasteiger partial charge in [-0.15, -0.1) is 0 Å². The van der Waals surface area contributed by atoms with E-state index in [0.717, 1.165) is 25.7 Å². The molecule has 150 valence electrons. The van der Waals surface area contributed by atoms with Crippen LogP contribution in [-0.4, -0.2) is 24.1 Å². The number of benzene rings is 1. The van der Waals surface area contributed by atoms with E-state index in [2.05, 4.69) is 20.9 Å². The molecule has 1 fully saturated rings. The van der Waals surface area contributed by atoms with Crippen LogP contribution < -0.4 is 16.0 Å². The quantitative estimate of drug-likeness (QED) is 0.513. The predicted molar refractivity (Wildman–Crippen MR) is 112 cm³/mol. The highest BCUT2D eigenvalue weighted by molar-refractivity contribution is 6.38. The number of nitrogens with zero attached hydrogens (tertiary/aromatic N) is 1. The second-order valence-electron chi connectivity index (χ2n) is 6.98. The molecule has 5 nitrogen and oxygen atoms in total. The van der Waals surface area contributed by atoms with E-state index in [0.29, 0.717) is 34.5 Å². The molecular weight excluding hydrogens is 426 g/mol. The Bertz CT molecular complexity index is 839. The average Bonchev–Trinajstić information content (AvgIpc) is 3.12. The molecule has 9 heteroatoms. The van der Waals surface area contributed by atoms with Gasteiger partial charge in [0.1, 0.15) is 5.82 Å². The van der Waals surface area contributed by atoms with E-state index in [1.54, 1.807) is 0 Å². The second-order valence-corrected chi connectivity index (χ2v) is 8.20. The lowest BCUT2D eigenvalue weighted by atomic mass is 9.86. The molecule has 1 aromatic heterocycles. The Hall–Kier alpha value is -1.76. The minimum Gasteiger partial charge on any atom is -0.382 e. The van der Waals surface area contributed by atoms with Crippen molar-refractivity contribution in [1.82, 2.24) is 10.3 Å². The van der Waals surface area contributed by atoms with Crippen LogP contribution in [0.15, 0.2) is 30.6 Å². The number of hydrogen-bond donors (Lipinski definition) is 3. The second kappa shape index (κ2) is 9.16. The standard InChI is InChI=1S/C19H20Cl3FN4O/c20-13-7-12(3-4-16(13)23)27-18(28)26-11-19(5-1-2-6-19)10-25-17-14(21)8-24-9-15(17)22/h3-4,7-9H,1-2,5-6,10-11H2,(H,24,25)(H2,26,27,28). The summed E-state index contributed by atoms with van der Waals surface area (Å²) in [6.45, 7) is 1.11. The number of aromatic nitrogens is 1. The molecule has 1 aromatic carbocycles. The lowest BCUT2D eigenvalue weighted by Crippen LogP contribution is -2.42. The van der Waals surface area contributed by atoms with Crippen LogP contribution in [0, 0.1) is 11.2 Å². The molecule has 0 aliphatic heterocycles. The SMILES string of the molecule is O=C(NCC1(CNc2c(Cl)cncc2Cl)CCCC1)Nc1ccc(F)c(Cl)c1. The van der Waals surface area contributed by atoms with E-state index in [1.165, 1.54) is 30.6 Å². The van der Waals surface area contributed by atoms with Crippen molar-refractivity contribution < 1.29 is 9.18 Å². The summed E-state index contributed by atoms with van der Waals surface area (Å²) < 4.78 is 13.2. The predicted octanol–water partition coefficient (Wildman–Crippen LogP) is 5.97. The first-order valence-electron chi connectivity index (χ1n) is 8.91. The summed E-state index contributed by atoms with van der Waals surface area (Å²) in [5.74, 6) is -0.531. The molecule has 2 aromatic rings. The van der Waals surface area contributed by atoms with Crippen molar-refractivity contribution in [3.8, 4) is 0 Å². The van der Waals surface area contributed by atoms with Gasteiger partial charge in [-0.25, -0.2) is 9.18 Å². The number of hydrogen-bond acceptors (Lipinski definition) is 3. The molecule has 1 heterocycles. The number of nitrogens with one attached hydrogen (secondary N) is 3. The summed E-state index contributed by atoms with van der Waals surface area (Å²) in [7, 11) is 0. The number of urea groups is 1. The Labute approximate surface area is 178 Å². The maximum atomic E-state index is 13.2. The topological polar surface area (TPSA) is 66.0 Å². The van der Waals surface area contributed by atoms with Crippen LogP contribution in [0.4, 0.5) is 20.6 Å². The molecule has 0 atom stereocenters. The van der Waals surface area contributed by atoms with Crippen molar-refractivity contribution in [2.45, 2.75) is 25.7 Å². The first kappa shape index (κ1) is 21.0. The van der Waals surface area contributed by atoms with Crippen molar-refractivity contribution in [1.29, 1.82) is 0 Å². The summed E-state index contributed by atoms with van der Waals surface area (Å²) in [5.41, 5.74) is 0.973. The number of amides is 2. The van der Waals surface area contributed by atoms with Crippen LogP contribution in [0.25, 0.3) is 0 Å². The van der Waals surface area contributed by atoms with Crippen LogP contribution in [0.2, 0.25) is 15.1 Å². The third-order valence-corrected chi connectivity index (χ3v) is 5.82. The van der Waals surface area contributed by atoms with Gasteiger partial charge in [-0.2, -0.15) is 0 Å². The minimum absolute atomic E-state index is 0.0413. The monoisotopic (exact) mass is 444 g/mol. The van der Waals surface area contributed by atoms with Gasteiger partial charge in [0.05, 0.1) is 20.8 Å². The molecule has 0 radical (unpaired) electrons. The van der Waals surface area contributed by atoms with Crippen molar-refractivity contribution in [3.05, 3.63) is 51.5 Å². The van der Waals surface area contributed by atoms with E-state index < -0.39 is 5.82 Å². The molecule has 0 saturated heterocycles. The van der Waals surface area contributed by atoms with Gasteiger partial charge < -0.3 is 16.0 Å². The summed E-state index contributed by atoms with van der Waals surface area (Å²) in [5, 5.41) is 9.77. The van der Waals surface area contributed by atoms with Gasteiger partial charge in [-0.3, -0.25) is 4.98 Å². The van der Waals surface area contributed by atoms with Gasteiger partial charge in [0.2, 0.25) is 0 Å². The zero-order valence-corrected chi connectivity index (χ0v) is 17.3. The molecule has 28 heavy (non-hydrogen) atoms. The first-order valence-corrected chi connectivity index (χ1v) is 10.0. The summed E-state index contributed by atoms with van der Waals surface area (Å²) >= 11 is 18.1. The number of anilines is 2. The van der Waals surface area contributed by atoms with Gasteiger partial charge >= 0.3 is 6.03 Å². The molecule has 1 saturated carbocycles. The van der Waals surface area contributed by atoms with Crippen LogP contribution in [-0.2, 0) is 0 Å². The Morgan fingerprint density at radius 2 is 1.75 bits per heavy atom. The molecule has 2 amide bonds. The number of halogens is 4. The fourth-order valence-electron chi connectivity index (χ4n) is 3.41. The molecule has 1 aliphatic rings. The van der Waals surface area contributed by atoms with E-state index in [4.69, 9.17) is 34.8 Å². The Morgan fingerprint density at radius 1 is 1.07 bits per heavy atom. The number of carbonyl (C=O) groups is 1. The molecule has 0 spiro atoms.